The van der Waals surface area contributed by atoms with Crippen molar-refractivity contribution in [3.05, 3.63) is 59.2 Å². The number of rotatable bonds is 5. The Labute approximate surface area is 208 Å². The minimum Gasteiger partial charge on any atom is -0.475 e. The van der Waals surface area contributed by atoms with Crippen molar-refractivity contribution in [2.75, 3.05) is 31.6 Å². The summed E-state index contributed by atoms with van der Waals surface area (Å²) >= 11 is 6.07. The molecule has 0 aliphatic carbocycles. The minimum atomic E-state index is -5.08. The summed E-state index contributed by atoms with van der Waals surface area (Å²) in [6.07, 6.45) is 2.89. The first-order valence-corrected chi connectivity index (χ1v) is 12.0. The summed E-state index contributed by atoms with van der Waals surface area (Å²) in [5.74, 6) is -1.65. The van der Waals surface area contributed by atoms with E-state index in [1.54, 1.807) is 0 Å². The molecule has 6 nitrogen and oxygen atoms in total. The highest BCUT2D eigenvalue weighted by Gasteiger charge is 2.38. The van der Waals surface area contributed by atoms with Crippen LogP contribution in [0.4, 0.5) is 19.0 Å². The number of aromatic nitrogens is 1. The van der Waals surface area contributed by atoms with Gasteiger partial charge < -0.3 is 14.7 Å². The highest BCUT2D eigenvalue weighted by molar-refractivity contribution is 6.30. The third-order valence-corrected chi connectivity index (χ3v) is 6.83. The predicted molar refractivity (Wildman–Crippen MR) is 129 cm³/mol. The number of alkyl halides is 3. The van der Waals surface area contributed by atoms with Crippen LogP contribution in [-0.2, 0) is 16.0 Å². The number of carboxylic acids is 1. The number of benzene rings is 1. The summed E-state index contributed by atoms with van der Waals surface area (Å²) in [6.45, 7) is 3.30. The molecule has 35 heavy (non-hydrogen) atoms. The maximum Gasteiger partial charge on any atom is 0.490 e. The fraction of sp³-hybridized carbons (Fsp3) is 0.520. The van der Waals surface area contributed by atoms with Gasteiger partial charge in [-0.05, 0) is 61.9 Å². The summed E-state index contributed by atoms with van der Waals surface area (Å²) in [6, 6.07) is 15.7. The molecule has 0 unspecified atom stereocenters. The number of halogens is 4. The standard InChI is InChI=1S/C23H30ClN3O.C2HF3O2/c1-28-22-11-15-27(21(17-22)16-18-5-7-19(24)8-6-18)20-9-13-26(14-10-20)23-4-2-3-12-25-23;3-2(4,5)1(6)7/h2-8,12,20-22H,9-11,13-17H2,1H3;(H,6,7)/t21-,22-;/m0./s1. The molecular formula is C25H31ClF3N3O3. The molecule has 4 rings (SSSR count). The van der Waals surface area contributed by atoms with Gasteiger partial charge in [-0.15, -0.1) is 0 Å². The number of aliphatic carboxylic acids is 1. The van der Waals surface area contributed by atoms with Crippen LogP contribution < -0.4 is 4.90 Å². The second kappa shape index (κ2) is 12.6. The number of piperidine rings is 2. The van der Waals surface area contributed by atoms with Crippen LogP contribution in [0.15, 0.2) is 48.7 Å². The smallest absolute Gasteiger partial charge is 0.475 e. The van der Waals surface area contributed by atoms with Crippen LogP contribution in [0.25, 0.3) is 0 Å². The van der Waals surface area contributed by atoms with Crippen LogP contribution in [0.2, 0.25) is 5.02 Å². The van der Waals surface area contributed by atoms with Crippen LogP contribution in [0, 0.1) is 0 Å². The van der Waals surface area contributed by atoms with Gasteiger partial charge in [-0.2, -0.15) is 13.2 Å². The molecule has 10 heteroatoms. The van der Waals surface area contributed by atoms with Gasteiger partial charge in [-0.3, -0.25) is 4.90 Å². The first kappa shape index (κ1) is 27.2. The van der Waals surface area contributed by atoms with E-state index in [1.165, 1.54) is 18.4 Å². The van der Waals surface area contributed by atoms with Crippen molar-refractivity contribution in [2.24, 2.45) is 0 Å². The Balaban J connectivity index is 0.000000429. The van der Waals surface area contributed by atoms with Crippen LogP contribution in [0.5, 0.6) is 0 Å². The zero-order chi connectivity index (χ0) is 25.4. The van der Waals surface area contributed by atoms with Crippen molar-refractivity contribution in [1.29, 1.82) is 0 Å². The van der Waals surface area contributed by atoms with E-state index in [1.807, 2.05) is 31.5 Å². The number of carboxylic acid groups (broad SMARTS) is 1. The number of hydrogen-bond donors (Lipinski definition) is 1. The van der Waals surface area contributed by atoms with Gasteiger partial charge in [0.25, 0.3) is 0 Å². The summed E-state index contributed by atoms with van der Waals surface area (Å²) in [4.78, 5) is 18.6. The molecule has 1 aromatic carbocycles. The number of anilines is 1. The van der Waals surface area contributed by atoms with E-state index in [4.69, 9.17) is 26.2 Å². The Morgan fingerprint density at radius 3 is 2.31 bits per heavy atom. The number of carbonyl (C=O) groups is 1. The van der Waals surface area contributed by atoms with Crippen LogP contribution in [-0.4, -0.2) is 72.1 Å². The Morgan fingerprint density at radius 2 is 1.77 bits per heavy atom. The molecule has 0 bridgehead atoms. The van der Waals surface area contributed by atoms with Crippen LogP contribution >= 0.6 is 11.6 Å². The lowest BCUT2D eigenvalue weighted by molar-refractivity contribution is -0.192. The molecule has 1 N–H and O–H groups in total. The van der Waals surface area contributed by atoms with Gasteiger partial charge in [0.05, 0.1) is 6.10 Å². The molecule has 1 aromatic heterocycles. The number of ether oxygens (including phenoxy) is 1. The number of methoxy groups -OCH3 is 1. The van der Waals surface area contributed by atoms with E-state index in [9.17, 15) is 13.2 Å². The quantitative estimate of drug-likeness (QED) is 0.603. The van der Waals surface area contributed by atoms with Crippen LogP contribution in [0.1, 0.15) is 31.2 Å². The normalized spacial score (nSPS) is 21.8. The van der Waals surface area contributed by atoms with Gasteiger partial charge in [0.1, 0.15) is 5.82 Å². The molecule has 0 radical (unpaired) electrons. The van der Waals surface area contributed by atoms with E-state index < -0.39 is 12.1 Å². The first-order valence-electron chi connectivity index (χ1n) is 11.7. The summed E-state index contributed by atoms with van der Waals surface area (Å²) in [7, 11) is 1.85. The van der Waals surface area contributed by atoms with E-state index in [2.05, 4.69) is 39.0 Å². The number of hydrogen-bond acceptors (Lipinski definition) is 5. The van der Waals surface area contributed by atoms with Crippen molar-refractivity contribution in [2.45, 2.75) is 56.5 Å². The lowest BCUT2D eigenvalue weighted by Crippen LogP contribution is -2.54. The fourth-order valence-corrected chi connectivity index (χ4v) is 4.91. The molecule has 0 amide bonds. The molecule has 2 aliphatic rings. The molecule has 0 spiro atoms. The third-order valence-electron chi connectivity index (χ3n) is 6.58. The van der Waals surface area contributed by atoms with E-state index in [-0.39, 0.29) is 0 Å². The summed E-state index contributed by atoms with van der Waals surface area (Å²) in [5.41, 5.74) is 1.36. The van der Waals surface area contributed by atoms with Crippen molar-refractivity contribution < 1.29 is 27.8 Å². The zero-order valence-electron chi connectivity index (χ0n) is 19.6. The van der Waals surface area contributed by atoms with E-state index in [0.29, 0.717) is 18.2 Å². The van der Waals surface area contributed by atoms with Crippen molar-refractivity contribution >= 4 is 23.4 Å². The number of pyridine rings is 1. The average Bonchev–Trinajstić information content (AvgIpc) is 2.86. The predicted octanol–water partition coefficient (Wildman–Crippen LogP) is 5.06. The summed E-state index contributed by atoms with van der Waals surface area (Å²) < 4.78 is 37.5. The van der Waals surface area contributed by atoms with E-state index in [0.717, 1.165) is 49.7 Å². The maximum atomic E-state index is 10.6. The molecule has 2 saturated heterocycles. The number of likely N-dealkylation sites (tertiary alicyclic amines) is 1. The molecule has 192 valence electrons. The topological polar surface area (TPSA) is 65.9 Å². The summed E-state index contributed by atoms with van der Waals surface area (Å²) in [5, 5.41) is 7.93. The molecule has 2 fully saturated rings. The zero-order valence-corrected chi connectivity index (χ0v) is 20.4. The Morgan fingerprint density at radius 1 is 1.11 bits per heavy atom. The second-order valence-electron chi connectivity index (χ2n) is 8.81. The first-order chi connectivity index (χ1) is 16.7. The monoisotopic (exact) mass is 513 g/mol. The molecule has 2 aromatic rings. The van der Waals surface area contributed by atoms with Gasteiger partial charge >= 0.3 is 12.1 Å². The van der Waals surface area contributed by atoms with Gasteiger partial charge in [0.2, 0.25) is 0 Å². The molecule has 2 aliphatic heterocycles. The highest BCUT2D eigenvalue weighted by Crippen LogP contribution is 2.30. The van der Waals surface area contributed by atoms with Crippen molar-refractivity contribution in [1.82, 2.24) is 9.88 Å². The average molecular weight is 514 g/mol. The molecule has 2 atom stereocenters. The maximum absolute atomic E-state index is 10.6. The minimum absolute atomic E-state index is 0.377. The van der Waals surface area contributed by atoms with Crippen LogP contribution in [0.3, 0.4) is 0 Å². The van der Waals surface area contributed by atoms with Crippen molar-refractivity contribution in [3.63, 3.8) is 0 Å². The molecule has 3 heterocycles. The SMILES string of the molecule is CO[C@H]1CCN(C2CCN(c3ccccn3)CC2)[C@@H](Cc2ccc(Cl)cc2)C1.O=C(O)C(F)(F)F. The Hall–Kier alpha value is -2.36. The Kier molecular flexibility index (Phi) is 9.77. The second-order valence-corrected chi connectivity index (χ2v) is 9.25. The lowest BCUT2D eigenvalue weighted by Gasteiger charge is -2.46. The highest BCUT2D eigenvalue weighted by atomic mass is 35.5. The lowest BCUT2D eigenvalue weighted by atomic mass is 9.90. The van der Waals surface area contributed by atoms with Gasteiger partial charge in [-0.25, -0.2) is 9.78 Å². The third kappa shape index (κ3) is 8.08. The fourth-order valence-electron chi connectivity index (χ4n) is 4.79. The Bertz CT molecular complexity index is 923. The number of nitrogens with zero attached hydrogens (tertiary/aromatic N) is 3. The van der Waals surface area contributed by atoms with E-state index >= 15 is 0 Å². The molecule has 0 saturated carbocycles. The molecular weight excluding hydrogens is 483 g/mol. The van der Waals surface area contributed by atoms with Gasteiger partial charge in [-0.1, -0.05) is 29.8 Å². The van der Waals surface area contributed by atoms with Crippen molar-refractivity contribution in [3.8, 4) is 0 Å². The van der Waals surface area contributed by atoms with Gasteiger partial charge in [0.15, 0.2) is 0 Å². The van der Waals surface area contributed by atoms with Gasteiger partial charge in [0, 0.05) is 50.0 Å². The largest absolute Gasteiger partial charge is 0.490 e.